The molecule has 0 unspecified atom stereocenters. The number of nitrogens with zero attached hydrogens (tertiary/aromatic N) is 1. The predicted molar refractivity (Wildman–Crippen MR) is 121 cm³/mol. The largest absolute Gasteiger partial charge is 0.333 e. The lowest BCUT2D eigenvalue weighted by atomic mass is 9.96. The van der Waals surface area contributed by atoms with Crippen LogP contribution in [-0.4, -0.2) is 38.9 Å². The third-order valence-corrected chi connectivity index (χ3v) is 4.78. The number of benzene rings is 1. The van der Waals surface area contributed by atoms with Crippen LogP contribution in [0.3, 0.4) is 0 Å². The standard InChI is InChI=1S/C15H24.C7H15N.CH5N.CH2O/c1-3-4-5-6-7-8-9-15-12-10-14(2)11-13-15;1-3-4-7-5-8(2)6-7;2*1-2/h10-13H,3-9H2,1-2H3;7H,3-6H2,1-2H3;2H2,1H3;1H2. The summed E-state index contributed by atoms with van der Waals surface area (Å²) in [6.45, 7) is 11.4. The minimum atomic E-state index is 1.03. The van der Waals surface area contributed by atoms with Gasteiger partial charge in [0.25, 0.3) is 0 Å². The molecule has 27 heavy (non-hydrogen) atoms. The lowest BCUT2D eigenvalue weighted by molar-refractivity contribution is -0.0979. The van der Waals surface area contributed by atoms with Gasteiger partial charge in [-0.25, -0.2) is 0 Å². The van der Waals surface area contributed by atoms with Gasteiger partial charge in [-0.15, -0.1) is 0 Å². The van der Waals surface area contributed by atoms with Gasteiger partial charge in [0, 0.05) is 13.1 Å². The molecular weight excluding hydrogens is 332 g/mol. The number of rotatable bonds is 9. The van der Waals surface area contributed by atoms with Crippen LogP contribution in [0.2, 0.25) is 0 Å². The molecule has 2 rings (SSSR count). The average Bonchev–Trinajstić information content (AvgIpc) is 2.69. The van der Waals surface area contributed by atoms with Gasteiger partial charge in [0.15, 0.2) is 0 Å². The Morgan fingerprint density at radius 1 is 0.926 bits per heavy atom. The van der Waals surface area contributed by atoms with E-state index >= 15 is 0 Å². The van der Waals surface area contributed by atoms with E-state index in [4.69, 9.17) is 4.79 Å². The summed E-state index contributed by atoms with van der Waals surface area (Å²) in [7, 11) is 3.69. The summed E-state index contributed by atoms with van der Waals surface area (Å²) in [5, 5.41) is 0. The summed E-state index contributed by atoms with van der Waals surface area (Å²) >= 11 is 0. The Bertz CT molecular complexity index is 397. The zero-order valence-corrected chi connectivity index (χ0v) is 18.8. The number of unbranched alkanes of at least 4 members (excludes halogenated alkanes) is 5. The maximum absolute atomic E-state index is 8.00. The van der Waals surface area contributed by atoms with Gasteiger partial charge in [-0.3, -0.25) is 0 Å². The quantitative estimate of drug-likeness (QED) is 0.566. The van der Waals surface area contributed by atoms with Crippen molar-refractivity contribution in [2.75, 3.05) is 27.2 Å². The van der Waals surface area contributed by atoms with Gasteiger partial charge in [0.05, 0.1) is 0 Å². The van der Waals surface area contributed by atoms with Gasteiger partial charge in [0.2, 0.25) is 0 Å². The molecule has 0 amide bonds. The highest BCUT2D eigenvalue weighted by atomic mass is 16.1. The van der Waals surface area contributed by atoms with Gasteiger partial charge < -0.3 is 15.4 Å². The highest BCUT2D eigenvalue weighted by Gasteiger charge is 2.21. The molecule has 1 heterocycles. The van der Waals surface area contributed by atoms with Crippen LogP contribution in [0.15, 0.2) is 24.3 Å². The van der Waals surface area contributed by atoms with Gasteiger partial charge >= 0.3 is 0 Å². The predicted octanol–water partition coefficient (Wildman–Crippen LogP) is 5.64. The lowest BCUT2D eigenvalue weighted by Gasteiger charge is -2.35. The molecule has 0 spiro atoms. The van der Waals surface area contributed by atoms with E-state index in [0.717, 1.165) is 5.92 Å². The summed E-state index contributed by atoms with van der Waals surface area (Å²) in [6.07, 6.45) is 12.4. The zero-order chi connectivity index (χ0) is 20.9. The van der Waals surface area contributed by atoms with Crippen LogP contribution in [-0.2, 0) is 11.2 Å². The molecule has 1 aromatic rings. The van der Waals surface area contributed by atoms with Crippen molar-refractivity contribution in [3.8, 4) is 0 Å². The molecule has 3 heteroatoms. The van der Waals surface area contributed by atoms with Crippen molar-refractivity contribution in [3.63, 3.8) is 0 Å². The fourth-order valence-corrected chi connectivity index (χ4v) is 3.28. The smallest absolute Gasteiger partial charge is 0.106 e. The summed E-state index contributed by atoms with van der Waals surface area (Å²) in [5.74, 6) is 1.03. The van der Waals surface area contributed by atoms with E-state index in [2.05, 4.69) is 62.7 Å². The highest BCUT2D eigenvalue weighted by molar-refractivity contribution is 5.21. The fourth-order valence-electron chi connectivity index (χ4n) is 3.28. The normalized spacial score (nSPS) is 13.1. The molecule has 1 aliphatic heterocycles. The molecule has 0 bridgehead atoms. The molecule has 2 N–H and O–H groups in total. The molecule has 0 radical (unpaired) electrons. The highest BCUT2D eigenvalue weighted by Crippen LogP contribution is 2.17. The number of aryl methyl sites for hydroxylation is 2. The van der Waals surface area contributed by atoms with Gasteiger partial charge in [0.1, 0.15) is 6.79 Å². The van der Waals surface area contributed by atoms with Crippen LogP contribution in [0, 0.1) is 12.8 Å². The Hall–Kier alpha value is -1.19. The molecule has 158 valence electrons. The number of carbonyl (C=O) groups excluding carboxylic acids is 1. The second-order valence-electron chi connectivity index (χ2n) is 7.38. The number of hydrogen-bond donors (Lipinski definition) is 1. The summed E-state index contributed by atoms with van der Waals surface area (Å²) in [4.78, 5) is 10.4. The molecule has 1 saturated heterocycles. The van der Waals surface area contributed by atoms with Crippen LogP contribution in [0.1, 0.15) is 76.3 Å². The molecule has 0 saturated carbocycles. The molecule has 3 nitrogen and oxygen atoms in total. The maximum atomic E-state index is 8.00. The first-order chi connectivity index (χ1) is 13.2. The minimum absolute atomic E-state index is 1.03. The second-order valence-corrected chi connectivity index (χ2v) is 7.38. The Morgan fingerprint density at radius 3 is 1.93 bits per heavy atom. The molecular formula is C24H46N2O. The van der Waals surface area contributed by atoms with Crippen LogP contribution in [0.5, 0.6) is 0 Å². The van der Waals surface area contributed by atoms with Gasteiger partial charge in [-0.1, -0.05) is 82.2 Å². The molecule has 0 atom stereocenters. The van der Waals surface area contributed by atoms with Gasteiger partial charge in [-0.2, -0.15) is 0 Å². The maximum Gasteiger partial charge on any atom is 0.106 e. The van der Waals surface area contributed by atoms with E-state index in [1.165, 1.54) is 89.1 Å². The Morgan fingerprint density at radius 2 is 1.44 bits per heavy atom. The third-order valence-electron chi connectivity index (χ3n) is 4.78. The van der Waals surface area contributed by atoms with Crippen molar-refractivity contribution in [1.29, 1.82) is 0 Å². The number of nitrogens with two attached hydrogens (primary N) is 1. The molecule has 0 aliphatic carbocycles. The Kier molecular flexibility index (Phi) is 21.9. The van der Waals surface area contributed by atoms with E-state index < -0.39 is 0 Å². The molecule has 0 aromatic heterocycles. The lowest BCUT2D eigenvalue weighted by Crippen LogP contribution is -2.43. The molecule has 1 fully saturated rings. The number of likely N-dealkylation sites (tertiary alicyclic amines) is 1. The first-order valence-electron chi connectivity index (χ1n) is 10.8. The average molecular weight is 379 g/mol. The Labute approximate surface area is 169 Å². The van der Waals surface area contributed by atoms with Crippen molar-refractivity contribution in [3.05, 3.63) is 35.4 Å². The minimum Gasteiger partial charge on any atom is -0.333 e. The fraction of sp³-hybridized carbons (Fsp3) is 0.708. The van der Waals surface area contributed by atoms with Crippen LogP contribution in [0.4, 0.5) is 0 Å². The number of carbonyl (C=O) groups is 1. The van der Waals surface area contributed by atoms with Crippen molar-refractivity contribution in [2.45, 2.75) is 78.6 Å². The van der Waals surface area contributed by atoms with Crippen molar-refractivity contribution in [1.82, 2.24) is 4.90 Å². The summed E-state index contributed by atoms with van der Waals surface area (Å²) in [5.41, 5.74) is 7.36. The topological polar surface area (TPSA) is 46.3 Å². The van der Waals surface area contributed by atoms with E-state index in [1.54, 1.807) is 0 Å². The van der Waals surface area contributed by atoms with E-state index in [0.29, 0.717) is 0 Å². The van der Waals surface area contributed by atoms with Crippen LogP contribution in [0.25, 0.3) is 0 Å². The van der Waals surface area contributed by atoms with Crippen LogP contribution >= 0.6 is 0 Å². The molecule has 1 aromatic carbocycles. The second kappa shape index (κ2) is 21.1. The van der Waals surface area contributed by atoms with E-state index in [-0.39, 0.29) is 0 Å². The zero-order valence-electron chi connectivity index (χ0n) is 18.8. The number of hydrogen-bond acceptors (Lipinski definition) is 3. The first-order valence-corrected chi connectivity index (χ1v) is 10.8. The summed E-state index contributed by atoms with van der Waals surface area (Å²) < 4.78 is 0. The van der Waals surface area contributed by atoms with E-state index in [9.17, 15) is 0 Å². The summed E-state index contributed by atoms with van der Waals surface area (Å²) in [6, 6.07) is 8.96. The van der Waals surface area contributed by atoms with E-state index in [1.807, 2.05) is 6.79 Å². The monoisotopic (exact) mass is 378 g/mol. The first kappa shape index (κ1) is 28.0. The van der Waals surface area contributed by atoms with Gasteiger partial charge in [-0.05, 0) is 51.8 Å². The van der Waals surface area contributed by atoms with Crippen molar-refractivity contribution < 1.29 is 4.79 Å². The Balaban J connectivity index is 0. The SMILES string of the molecule is C=O.CCCC1CN(C)C1.CCCCCCCCc1ccc(C)cc1.CN. The van der Waals surface area contributed by atoms with Crippen molar-refractivity contribution >= 4 is 6.79 Å². The third kappa shape index (κ3) is 16.7. The molecule has 1 aliphatic rings. The van der Waals surface area contributed by atoms with Crippen molar-refractivity contribution in [2.24, 2.45) is 11.7 Å². The van der Waals surface area contributed by atoms with Crippen LogP contribution < -0.4 is 5.73 Å².